The molecule has 0 fully saturated rings. The van der Waals surface area contributed by atoms with Gasteiger partial charge in [0.15, 0.2) is 0 Å². The molecule has 4 rings (SSSR count). The third-order valence-corrected chi connectivity index (χ3v) is 3.74. The van der Waals surface area contributed by atoms with Crippen LogP contribution in [0.1, 0.15) is 16.1 Å². The highest BCUT2D eigenvalue weighted by atomic mass is 19.4. The van der Waals surface area contributed by atoms with Crippen LogP contribution in [0.15, 0.2) is 35.2 Å². The summed E-state index contributed by atoms with van der Waals surface area (Å²) in [6.45, 7) is 0. The molecule has 0 aliphatic carbocycles. The molecule has 0 bridgehead atoms. The summed E-state index contributed by atoms with van der Waals surface area (Å²) in [5.41, 5.74) is -0.783. The zero-order chi connectivity index (χ0) is 18.5. The van der Waals surface area contributed by atoms with Gasteiger partial charge in [0, 0.05) is 18.6 Å². The normalized spacial score (nSPS) is 12.0. The summed E-state index contributed by atoms with van der Waals surface area (Å²) in [4.78, 5) is 20.2. The molecule has 0 unspecified atom stereocenters. The van der Waals surface area contributed by atoms with Crippen LogP contribution in [-0.4, -0.2) is 37.5 Å². The summed E-state index contributed by atoms with van der Waals surface area (Å²) in [7, 11) is 1.31. The largest absolute Gasteiger partial charge is 0.422 e. The quantitative estimate of drug-likeness (QED) is 0.588. The van der Waals surface area contributed by atoms with E-state index in [1.165, 1.54) is 29.8 Å². The molecule has 132 valence electrons. The Hall–Kier alpha value is -3.50. The highest BCUT2D eigenvalue weighted by Crippen LogP contribution is 2.35. The summed E-state index contributed by atoms with van der Waals surface area (Å²) in [6, 6.07) is 3.40. The summed E-state index contributed by atoms with van der Waals surface area (Å²) in [6.07, 6.45) is -2.12. The van der Waals surface area contributed by atoms with Gasteiger partial charge in [0.05, 0.1) is 5.56 Å². The molecule has 0 saturated heterocycles. The van der Waals surface area contributed by atoms with Crippen molar-refractivity contribution in [3.63, 3.8) is 0 Å². The third-order valence-electron chi connectivity index (χ3n) is 3.74. The number of carbonyl (C=O) groups is 1. The predicted octanol–water partition coefficient (Wildman–Crippen LogP) is 2.31. The van der Waals surface area contributed by atoms with E-state index in [1.807, 2.05) is 0 Å². The van der Waals surface area contributed by atoms with Crippen LogP contribution in [0.25, 0.3) is 28.3 Å². The van der Waals surface area contributed by atoms with Gasteiger partial charge in [-0.25, -0.2) is 9.97 Å². The molecule has 0 aromatic carbocycles. The summed E-state index contributed by atoms with van der Waals surface area (Å²) in [5, 5.41) is 9.38. The van der Waals surface area contributed by atoms with E-state index in [2.05, 4.69) is 25.5 Å². The second-order valence-corrected chi connectivity index (χ2v) is 5.30. The molecule has 0 aliphatic heterocycles. The molecule has 0 radical (unpaired) electrons. The zero-order valence-electron chi connectivity index (χ0n) is 13.1. The number of aromatic nitrogens is 5. The monoisotopic (exact) mass is 362 g/mol. The van der Waals surface area contributed by atoms with Crippen LogP contribution in [0.2, 0.25) is 0 Å². The van der Waals surface area contributed by atoms with E-state index in [1.54, 1.807) is 0 Å². The fourth-order valence-corrected chi connectivity index (χ4v) is 2.60. The number of nitrogens with zero attached hydrogens (tertiary/aromatic N) is 5. The number of amides is 1. The standard InChI is InChI=1S/C15H9F3N6O2/c1-19-13(25)9-4-8(15(16,17)18)7-2-3-11-21-10(14-23-20-6-26-14)5-24(11)12(7)22-9/h2-6H,1H3,(H,19,25). The molecule has 1 amide bonds. The third kappa shape index (κ3) is 2.44. The molecule has 11 heteroatoms. The van der Waals surface area contributed by atoms with E-state index in [4.69, 9.17) is 4.42 Å². The van der Waals surface area contributed by atoms with E-state index in [0.717, 1.165) is 12.5 Å². The molecular weight excluding hydrogens is 353 g/mol. The van der Waals surface area contributed by atoms with Crippen LogP contribution >= 0.6 is 0 Å². The summed E-state index contributed by atoms with van der Waals surface area (Å²) < 4.78 is 46.8. The van der Waals surface area contributed by atoms with Gasteiger partial charge in [0.1, 0.15) is 22.7 Å². The van der Waals surface area contributed by atoms with Gasteiger partial charge in [-0.05, 0) is 18.2 Å². The lowest BCUT2D eigenvalue weighted by molar-refractivity contribution is -0.136. The minimum atomic E-state index is -4.66. The van der Waals surface area contributed by atoms with Crippen LogP contribution in [0.5, 0.6) is 0 Å². The molecule has 0 saturated carbocycles. The fraction of sp³-hybridized carbons (Fsp3) is 0.133. The number of hydrogen-bond donors (Lipinski definition) is 1. The Kier molecular flexibility index (Phi) is 3.39. The van der Waals surface area contributed by atoms with Crippen molar-refractivity contribution in [2.45, 2.75) is 6.18 Å². The van der Waals surface area contributed by atoms with Crippen molar-refractivity contribution in [3.8, 4) is 11.6 Å². The number of hydrogen-bond acceptors (Lipinski definition) is 6. The van der Waals surface area contributed by atoms with Crippen LogP contribution in [0.4, 0.5) is 13.2 Å². The molecule has 0 aliphatic rings. The lowest BCUT2D eigenvalue weighted by atomic mass is 10.1. The number of pyridine rings is 2. The van der Waals surface area contributed by atoms with Gasteiger partial charge in [0.25, 0.3) is 11.8 Å². The lowest BCUT2D eigenvalue weighted by Gasteiger charge is -2.12. The van der Waals surface area contributed by atoms with Crippen LogP contribution in [0.3, 0.4) is 0 Å². The van der Waals surface area contributed by atoms with Crippen LogP contribution in [-0.2, 0) is 6.18 Å². The highest BCUT2D eigenvalue weighted by molar-refractivity contribution is 5.95. The fourth-order valence-electron chi connectivity index (χ4n) is 2.60. The zero-order valence-corrected chi connectivity index (χ0v) is 13.1. The topological polar surface area (TPSA) is 98.2 Å². The highest BCUT2D eigenvalue weighted by Gasteiger charge is 2.34. The van der Waals surface area contributed by atoms with Crippen molar-refractivity contribution in [2.75, 3.05) is 7.05 Å². The Bertz CT molecular complexity index is 1130. The van der Waals surface area contributed by atoms with E-state index < -0.39 is 17.6 Å². The number of nitrogens with one attached hydrogen (secondary N) is 1. The summed E-state index contributed by atoms with van der Waals surface area (Å²) in [5.74, 6) is -0.619. The second-order valence-electron chi connectivity index (χ2n) is 5.30. The molecule has 1 N–H and O–H groups in total. The van der Waals surface area contributed by atoms with Gasteiger partial charge < -0.3 is 9.73 Å². The Morgan fingerprint density at radius 1 is 1.27 bits per heavy atom. The van der Waals surface area contributed by atoms with Gasteiger partial charge in [-0.1, -0.05) is 0 Å². The maximum atomic E-state index is 13.5. The molecule has 0 spiro atoms. The van der Waals surface area contributed by atoms with Crippen molar-refractivity contribution in [1.29, 1.82) is 0 Å². The Balaban J connectivity index is 2.07. The lowest BCUT2D eigenvalue weighted by Crippen LogP contribution is -2.21. The van der Waals surface area contributed by atoms with E-state index in [-0.39, 0.29) is 28.3 Å². The molecule has 26 heavy (non-hydrogen) atoms. The number of fused-ring (bicyclic) bond motifs is 3. The van der Waals surface area contributed by atoms with Crippen molar-refractivity contribution in [3.05, 3.63) is 42.0 Å². The SMILES string of the molecule is CNC(=O)c1cc(C(F)(F)F)c2ccc3nc(-c4nnco4)cn3c2n1. The second kappa shape index (κ2) is 5.51. The minimum Gasteiger partial charge on any atom is -0.422 e. The Labute approximate surface area is 142 Å². The van der Waals surface area contributed by atoms with Gasteiger partial charge >= 0.3 is 6.18 Å². The van der Waals surface area contributed by atoms with E-state index in [0.29, 0.717) is 5.65 Å². The first-order valence-electron chi connectivity index (χ1n) is 7.27. The minimum absolute atomic E-state index is 0.0609. The first-order chi connectivity index (χ1) is 12.4. The first kappa shape index (κ1) is 16.0. The molecule has 0 atom stereocenters. The average molecular weight is 362 g/mol. The van der Waals surface area contributed by atoms with Crippen molar-refractivity contribution in [2.24, 2.45) is 0 Å². The Morgan fingerprint density at radius 2 is 2.08 bits per heavy atom. The molecule has 4 heterocycles. The van der Waals surface area contributed by atoms with Crippen molar-refractivity contribution in [1.82, 2.24) is 29.9 Å². The average Bonchev–Trinajstić information content (AvgIpc) is 3.27. The predicted molar refractivity (Wildman–Crippen MR) is 82.2 cm³/mol. The van der Waals surface area contributed by atoms with Gasteiger partial charge in [0.2, 0.25) is 6.39 Å². The van der Waals surface area contributed by atoms with Gasteiger partial charge in [-0.3, -0.25) is 9.20 Å². The van der Waals surface area contributed by atoms with Crippen molar-refractivity contribution >= 4 is 22.6 Å². The Morgan fingerprint density at radius 3 is 2.73 bits per heavy atom. The smallest absolute Gasteiger partial charge is 0.417 e. The van der Waals surface area contributed by atoms with Crippen LogP contribution < -0.4 is 5.32 Å². The molecule has 4 aromatic heterocycles. The maximum absolute atomic E-state index is 13.5. The number of rotatable bonds is 2. The molecule has 8 nitrogen and oxygen atoms in total. The molecule has 4 aromatic rings. The maximum Gasteiger partial charge on any atom is 0.417 e. The number of imidazole rings is 1. The molecular formula is C15H9F3N6O2. The number of carbonyl (C=O) groups excluding carboxylic acids is 1. The number of alkyl halides is 3. The summed E-state index contributed by atoms with van der Waals surface area (Å²) >= 11 is 0. The van der Waals surface area contributed by atoms with Gasteiger partial charge in [-0.2, -0.15) is 13.2 Å². The van der Waals surface area contributed by atoms with Crippen LogP contribution in [0, 0.1) is 0 Å². The number of halogens is 3. The van der Waals surface area contributed by atoms with Gasteiger partial charge in [-0.15, -0.1) is 10.2 Å². The van der Waals surface area contributed by atoms with Crippen molar-refractivity contribution < 1.29 is 22.4 Å². The first-order valence-corrected chi connectivity index (χ1v) is 7.27. The van der Waals surface area contributed by atoms with E-state index in [9.17, 15) is 18.0 Å². The van der Waals surface area contributed by atoms with E-state index >= 15 is 0 Å².